The van der Waals surface area contributed by atoms with Crippen LogP contribution in [0.4, 0.5) is 0 Å². The van der Waals surface area contributed by atoms with Crippen LogP contribution in [0.3, 0.4) is 0 Å². The number of carbonyl (C=O) groups is 1. The SMILES string of the molecule is CC(C)Cn1nc(C2CCCCN2C(=O)c2ccsc2)c2c1CCOC2. The zero-order valence-electron chi connectivity index (χ0n) is 15.6. The van der Waals surface area contributed by atoms with Crippen LogP contribution in [0.1, 0.15) is 66.5 Å². The number of ether oxygens (including phenoxy) is 1. The maximum Gasteiger partial charge on any atom is 0.255 e. The first-order valence-corrected chi connectivity index (χ1v) is 10.6. The molecule has 0 aliphatic carbocycles. The van der Waals surface area contributed by atoms with Crippen molar-refractivity contribution in [1.82, 2.24) is 14.7 Å². The van der Waals surface area contributed by atoms with Crippen molar-refractivity contribution in [2.24, 2.45) is 5.92 Å². The topological polar surface area (TPSA) is 47.4 Å². The van der Waals surface area contributed by atoms with Crippen LogP contribution in [-0.4, -0.2) is 33.7 Å². The summed E-state index contributed by atoms with van der Waals surface area (Å²) in [6.07, 6.45) is 4.11. The van der Waals surface area contributed by atoms with Crippen molar-refractivity contribution in [2.45, 2.75) is 58.7 Å². The maximum absolute atomic E-state index is 13.1. The molecular weight excluding hydrogens is 346 g/mol. The smallest absolute Gasteiger partial charge is 0.255 e. The van der Waals surface area contributed by atoms with Crippen LogP contribution in [0.2, 0.25) is 0 Å². The van der Waals surface area contributed by atoms with Gasteiger partial charge in [-0.2, -0.15) is 16.4 Å². The summed E-state index contributed by atoms with van der Waals surface area (Å²) in [7, 11) is 0. The van der Waals surface area contributed by atoms with Crippen molar-refractivity contribution in [2.75, 3.05) is 13.2 Å². The first-order valence-electron chi connectivity index (χ1n) is 9.64. The lowest BCUT2D eigenvalue weighted by atomic mass is 9.95. The molecule has 2 aliphatic heterocycles. The number of fused-ring (bicyclic) bond motifs is 1. The Balaban J connectivity index is 1.70. The number of nitrogens with zero attached hydrogens (tertiary/aromatic N) is 3. The number of aromatic nitrogens is 2. The molecule has 0 aromatic carbocycles. The minimum atomic E-state index is 0.0695. The van der Waals surface area contributed by atoms with E-state index in [9.17, 15) is 4.79 Å². The molecule has 4 heterocycles. The molecule has 4 rings (SSSR count). The first-order chi connectivity index (χ1) is 12.6. The van der Waals surface area contributed by atoms with Crippen LogP contribution >= 0.6 is 11.3 Å². The Morgan fingerprint density at radius 3 is 3.08 bits per heavy atom. The highest BCUT2D eigenvalue weighted by molar-refractivity contribution is 7.08. The van der Waals surface area contributed by atoms with Crippen molar-refractivity contribution < 1.29 is 9.53 Å². The molecule has 140 valence electrons. The summed E-state index contributed by atoms with van der Waals surface area (Å²) in [5, 5.41) is 8.93. The van der Waals surface area contributed by atoms with Gasteiger partial charge in [-0.25, -0.2) is 0 Å². The molecule has 26 heavy (non-hydrogen) atoms. The van der Waals surface area contributed by atoms with Gasteiger partial charge in [0.15, 0.2) is 0 Å². The average molecular weight is 374 g/mol. The number of likely N-dealkylation sites (tertiary alicyclic amines) is 1. The zero-order valence-corrected chi connectivity index (χ0v) is 16.4. The Morgan fingerprint density at radius 1 is 1.42 bits per heavy atom. The lowest BCUT2D eigenvalue weighted by Gasteiger charge is -2.35. The van der Waals surface area contributed by atoms with Gasteiger partial charge in [-0.15, -0.1) is 0 Å². The standard InChI is InChI=1S/C20H27N3O2S/c1-14(2)11-23-17-6-9-25-12-16(17)19(21-23)18-5-3-4-8-22(18)20(24)15-7-10-26-13-15/h7,10,13-14,18H,3-6,8-9,11-12H2,1-2H3. The molecule has 1 saturated heterocycles. The first kappa shape index (κ1) is 17.7. The summed E-state index contributed by atoms with van der Waals surface area (Å²) in [6.45, 7) is 7.57. The fraction of sp³-hybridized carbons (Fsp3) is 0.600. The molecule has 1 unspecified atom stereocenters. The van der Waals surface area contributed by atoms with Gasteiger partial charge in [-0.3, -0.25) is 9.48 Å². The zero-order chi connectivity index (χ0) is 18.1. The van der Waals surface area contributed by atoms with Crippen molar-refractivity contribution in [3.8, 4) is 0 Å². The molecule has 0 bridgehead atoms. The Morgan fingerprint density at radius 2 is 2.31 bits per heavy atom. The van der Waals surface area contributed by atoms with Gasteiger partial charge in [0.05, 0.1) is 30.5 Å². The van der Waals surface area contributed by atoms with Gasteiger partial charge >= 0.3 is 0 Å². The summed E-state index contributed by atoms with van der Waals surface area (Å²) in [6, 6.07) is 1.99. The normalized spacial score (nSPS) is 20.4. The van der Waals surface area contributed by atoms with E-state index in [4.69, 9.17) is 9.84 Å². The predicted molar refractivity (Wildman–Crippen MR) is 102 cm³/mol. The summed E-state index contributed by atoms with van der Waals surface area (Å²) in [4.78, 5) is 15.1. The molecule has 2 aromatic rings. The Kier molecular flexibility index (Phi) is 5.14. The monoisotopic (exact) mass is 373 g/mol. The van der Waals surface area contributed by atoms with Gasteiger partial charge in [0, 0.05) is 36.1 Å². The number of hydrogen-bond donors (Lipinski definition) is 0. The summed E-state index contributed by atoms with van der Waals surface area (Å²) in [5.74, 6) is 0.685. The number of amides is 1. The van der Waals surface area contributed by atoms with Crippen molar-refractivity contribution in [3.05, 3.63) is 39.3 Å². The fourth-order valence-electron chi connectivity index (χ4n) is 4.11. The van der Waals surface area contributed by atoms with Gasteiger partial charge in [0.25, 0.3) is 5.91 Å². The highest BCUT2D eigenvalue weighted by Gasteiger charge is 2.34. The second-order valence-corrected chi connectivity index (χ2v) is 8.49. The van der Waals surface area contributed by atoms with Gasteiger partial charge in [0.2, 0.25) is 0 Å². The molecule has 5 nitrogen and oxygen atoms in total. The predicted octanol–water partition coefficient (Wildman–Crippen LogP) is 4.04. The van der Waals surface area contributed by atoms with Gasteiger partial charge < -0.3 is 9.64 Å². The molecule has 1 atom stereocenters. The number of hydrogen-bond acceptors (Lipinski definition) is 4. The highest BCUT2D eigenvalue weighted by atomic mass is 32.1. The summed E-state index contributed by atoms with van der Waals surface area (Å²) < 4.78 is 7.94. The number of carbonyl (C=O) groups excluding carboxylic acids is 1. The van der Waals surface area contributed by atoms with Crippen molar-refractivity contribution in [3.63, 3.8) is 0 Å². The van der Waals surface area contributed by atoms with Crippen LogP contribution in [0.5, 0.6) is 0 Å². The van der Waals surface area contributed by atoms with E-state index < -0.39 is 0 Å². The molecule has 1 fully saturated rings. The Hall–Kier alpha value is -1.66. The van der Waals surface area contributed by atoms with E-state index in [2.05, 4.69) is 18.5 Å². The molecule has 0 saturated carbocycles. The summed E-state index contributed by atoms with van der Waals surface area (Å²) in [5.41, 5.74) is 4.41. The lowest BCUT2D eigenvalue weighted by molar-refractivity contribution is 0.0596. The van der Waals surface area contributed by atoms with E-state index in [1.165, 1.54) is 11.3 Å². The largest absolute Gasteiger partial charge is 0.376 e. The maximum atomic E-state index is 13.1. The Bertz CT molecular complexity index is 766. The molecule has 0 N–H and O–H groups in total. The number of rotatable bonds is 4. The van der Waals surface area contributed by atoms with Gasteiger partial charge in [0.1, 0.15) is 0 Å². The molecule has 0 radical (unpaired) electrons. The van der Waals surface area contributed by atoms with Crippen LogP contribution < -0.4 is 0 Å². The van der Waals surface area contributed by atoms with E-state index in [0.29, 0.717) is 12.5 Å². The van der Waals surface area contributed by atoms with Crippen LogP contribution in [0, 0.1) is 5.92 Å². The van der Waals surface area contributed by atoms with E-state index in [1.807, 2.05) is 21.7 Å². The quantitative estimate of drug-likeness (QED) is 0.813. The Labute approximate surface area is 159 Å². The van der Waals surface area contributed by atoms with Crippen molar-refractivity contribution >= 4 is 17.2 Å². The van der Waals surface area contributed by atoms with Crippen molar-refractivity contribution in [1.29, 1.82) is 0 Å². The number of thiophene rings is 1. The average Bonchev–Trinajstić information content (AvgIpc) is 3.30. The van der Waals surface area contributed by atoms with Gasteiger partial charge in [-0.1, -0.05) is 13.8 Å². The second-order valence-electron chi connectivity index (χ2n) is 7.71. The highest BCUT2D eigenvalue weighted by Crippen LogP contribution is 2.36. The third kappa shape index (κ3) is 3.32. The van der Waals surface area contributed by atoms with E-state index in [0.717, 1.165) is 56.6 Å². The molecule has 2 aliphatic rings. The third-order valence-corrected chi connectivity index (χ3v) is 6.00. The molecule has 6 heteroatoms. The van der Waals surface area contributed by atoms with Gasteiger partial charge in [-0.05, 0) is 36.6 Å². The molecule has 1 amide bonds. The minimum absolute atomic E-state index is 0.0695. The van der Waals surface area contributed by atoms with E-state index in [1.54, 1.807) is 11.3 Å². The lowest BCUT2D eigenvalue weighted by Crippen LogP contribution is -2.39. The second kappa shape index (κ2) is 7.53. The molecular formula is C20H27N3O2S. The molecule has 2 aromatic heterocycles. The van der Waals surface area contributed by atoms with Crippen LogP contribution in [0.15, 0.2) is 16.8 Å². The van der Waals surface area contributed by atoms with E-state index >= 15 is 0 Å². The molecule has 0 spiro atoms. The fourth-order valence-corrected chi connectivity index (χ4v) is 4.74. The summed E-state index contributed by atoms with van der Waals surface area (Å²) >= 11 is 1.58. The third-order valence-electron chi connectivity index (χ3n) is 5.31. The van der Waals surface area contributed by atoms with Crippen LogP contribution in [0.25, 0.3) is 0 Å². The number of piperidine rings is 1. The van der Waals surface area contributed by atoms with E-state index in [-0.39, 0.29) is 11.9 Å². The van der Waals surface area contributed by atoms with Crippen LogP contribution in [-0.2, 0) is 24.3 Å². The minimum Gasteiger partial charge on any atom is -0.376 e.